The van der Waals surface area contributed by atoms with E-state index in [0.717, 1.165) is 18.9 Å². The number of nitrogens with zero attached hydrogens (tertiary/aromatic N) is 3. The zero-order valence-corrected chi connectivity index (χ0v) is 11.2. The van der Waals surface area contributed by atoms with Gasteiger partial charge in [0.25, 0.3) is 0 Å². The summed E-state index contributed by atoms with van der Waals surface area (Å²) in [6.45, 7) is 0. The lowest BCUT2D eigenvalue weighted by molar-refractivity contribution is -0.141. The van der Waals surface area contributed by atoms with Gasteiger partial charge >= 0.3 is 6.18 Å². The highest BCUT2D eigenvalue weighted by Gasteiger charge is 2.36. The Balaban J connectivity index is 1.72. The first kappa shape index (κ1) is 13.6. The number of piperidine rings is 1. The lowest BCUT2D eigenvalue weighted by atomic mass is 9.98. The van der Waals surface area contributed by atoms with Crippen LogP contribution in [0.1, 0.15) is 31.4 Å². The largest absolute Gasteiger partial charge is 0.435 e. The summed E-state index contributed by atoms with van der Waals surface area (Å²) < 4.78 is 37.4. The molecule has 2 aliphatic rings. The predicted octanol–water partition coefficient (Wildman–Crippen LogP) is 2.21. The summed E-state index contributed by atoms with van der Waals surface area (Å²) in [5, 5.41) is 10.6. The molecule has 0 amide bonds. The molecule has 0 spiro atoms. The van der Waals surface area contributed by atoms with Crippen LogP contribution in [0.15, 0.2) is 12.1 Å². The van der Waals surface area contributed by atoms with Crippen molar-refractivity contribution in [3.05, 3.63) is 17.8 Å². The van der Waals surface area contributed by atoms with Gasteiger partial charge in [-0.05, 0) is 37.8 Å². The van der Waals surface area contributed by atoms with Crippen molar-refractivity contribution >= 4 is 5.82 Å². The average Bonchev–Trinajstić information content (AvgIpc) is 2.76. The molecule has 0 saturated carbocycles. The number of nitrogens with one attached hydrogen (secondary N) is 1. The number of halogens is 3. The number of fused-ring (bicyclic) bond motifs is 2. The van der Waals surface area contributed by atoms with Crippen molar-refractivity contribution in [1.29, 1.82) is 0 Å². The van der Waals surface area contributed by atoms with Gasteiger partial charge in [0.2, 0.25) is 0 Å². The molecular weight excluding hydrogens is 269 g/mol. The van der Waals surface area contributed by atoms with E-state index < -0.39 is 11.9 Å². The van der Waals surface area contributed by atoms with Gasteiger partial charge in [-0.15, -0.1) is 10.2 Å². The summed E-state index contributed by atoms with van der Waals surface area (Å²) in [5.74, 6) is 0.504. The molecule has 3 heterocycles. The number of hydrogen-bond acceptors (Lipinski definition) is 4. The third kappa shape index (κ3) is 2.59. The monoisotopic (exact) mass is 286 g/mol. The Kier molecular flexibility index (Phi) is 3.32. The van der Waals surface area contributed by atoms with E-state index in [-0.39, 0.29) is 0 Å². The Hall–Kier alpha value is -1.37. The topological polar surface area (TPSA) is 41.1 Å². The van der Waals surface area contributed by atoms with Crippen LogP contribution in [0.5, 0.6) is 0 Å². The van der Waals surface area contributed by atoms with Crippen molar-refractivity contribution in [2.45, 2.75) is 50.0 Å². The third-order valence-electron chi connectivity index (χ3n) is 4.30. The van der Waals surface area contributed by atoms with Gasteiger partial charge in [0.1, 0.15) is 0 Å². The fraction of sp³-hybridized carbons (Fsp3) is 0.692. The molecule has 2 aliphatic heterocycles. The highest BCUT2D eigenvalue weighted by atomic mass is 19.4. The van der Waals surface area contributed by atoms with Crippen LogP contribution in [0.4, 0.5) is 19.0 Å². The van der Waals surface area contributed by atoms with Gasteiger partial charge in [-0.2, -0.15) is 13.2 Å². The van der Waals surface area contributed by atoms with Crippen LogP contribution in [-0.2, 0) is 6.18 Å². The Labute approximate surface area is 115 Å². The van der Waals surface area contributed by atoms with E-state index >= 15 is 0 Å². The lowest BCUT2D eigenvalue weighted by Crippen LogP contribution is -2.47. The number of alkyl halides is 3. The van der Waals surface area contributed by atoms with E-state index in [4.69, 9.17) is 0 Å². The number of anilines is 1. The minimum atomic E-state index is -4.43. The van der Waals surface area contributed by atoms with Crippen LogP contribution in [0.3, 0.4) is 0 Å². The molecule has 3 rings (SSSR count). The van der Waals surface area contributed by atoms with Crippen molar-refractivity contribution in [1.82, 2.24) is 15.5 Å². The predicted molar refractivity (Wildman–Crippen MR) is 68.4 cm³/mol. The van der Waals surface area contributed by atoms with E-state index in [1.807, 2.05) is 11.9 Å². The van der Waals surface area contributed by atoms with Gasteiger partial charge in [-0.3, -0.25) is 0 Å². The van der Waals surface area contributed by atoms with E-state index in [2.05, 4.69) is 15.5 Å². The molecule has 4 nitrogen and oxygen atoms in total. The Morgan fingerprint density at radius 3 is 2.30 bits per heavy atom. The maximum absolute atomic E-state index is 12.5. The molecule has 2 unspecified atom stereocenters. The van der Waals surface area contributed by atoms with Crippen LogP contribution in [0.25, 0.3) is 0 Å². The maximum Gasteiger partial charge on any atom is 0.435 e. The van der Waals surface area contributed by atoms with Crippen LogP contribution in [0.2, 0.25) is 0 Å². The zero-order valence-electron chi connectivity index (χ0n) is 11.2. The summed E-state index contributed by atoms with van der Waals surface area (Å²) >= 11 is 0. The van der Waals surface area contributed by atoms with Gasteiger partial charge in [0, 0.05) is 25.2 Å². The van der Waals surface area contributed by atoms with Gasteiger partial charge in [0.15, 0.2) is 11.5 Å². The normalized spacial score (nSPS) is 29.5. The Morgan fingerprint density at radius 1 is 1.15 bits per heavy atom. The molecule has 1 N–H and O–H groups in total. The van der Waals surface area contributed by atoms with E-state index in [0.29, 0.717) is 23.9 Å². The van der Waals surface area contributed by atoms with Crippen LogP contribution >= 0.6 is 0 Å². The van der Waals surface area contributed by atoms with Gasteiger partial charge in [-0.1, -0.05) is 0 Å². The van der Waals surface area contributed by atoms with Crippen molar-refractivity contribution in [3.63, 3.8) is 0 Å². The first-order valence-corrected chi connectivity index (χ1v) is 6.83. The molecular formula is C13H17F3N4. The molecule has 2 bridgehead atoms. The minimum absolute atomic E-state index is 0.319. The Bertz CT molecular complexity index is 461. The molecule has 0 aliphatic carbocycles. The second-order valence-electron chi connectivity index (χ2n) is 5.65. The summed E-state index contributed by atoms with van der Waals surface area (Å²) in [7, 11) is 1.88. The van der Waals surface area contributed by atoms with Gasteiger partial charge in [-0.25, -0.2) is 0 Å². The van der Waals surface area contributed by atoms with Crippen LogP contribution < -0.4 is 10.2 Å². The summed E-state index contributed by atoms with van der Waals surface area (Å²) in [5.41, 5.74) is -0.944. The van der Waals surface area contributed by atoms with Gasteiger partial charge < -0.3 is 10.2 Å². The third-order valence-corrected chi connectivity index (χ3v) is 4.30. The highest BCUT2D eigenvalue weighted by Crippen LogP contribution is 2.31. The van der Waals surface area contributed by atoms with Gasteiger partial charge in [0.05, 0.1) is 0 Å². The highest BCUT2D eigenvalue weighted by molar-refractivity contribution is 5.38. The van der Waals surface area contributed by atoms with E-state index in [1.54, 1.807) is 0 Å². The lowest BCUT2D eigenvalue weighted by Gasteiger charge is -2.36. The summed E-state index contributed by atoms with van der Waals surface area (Å²) in [4.78, 5) is 1.96. The second kappa shape index (κ2) is 4.87. The van der Waals surface area contributed by atoms with E-state index in [9.17, 15) is 13.2 Å². The molecule has 1 aromatic rings. The number of rotatable bonds is 2. The zero-order chi connectivity index (χ0) is 14.3. The average molecular weight is 286 g/mol. The molecule has 7 heteroatoms. The van der Waals surface area contributed by atoms with Crippen molar-refractivity contribution in [3.8, 4) is 0 Å². The van der Waals surface area contributed by atoms with Crippen molar-refractivity contribution < 1.29 is 13.2 Å². The molecule has 20 heavy (non-hydrogen) atoms. The summed E-state index contributed by atoms with van der Waals surface area (Å²) in [6, 6.07) is 3.78. The molecule has 110 valence electrons. The number of hydrogen-bond donors (Lipinski definition) is 1. The fourth-order valence-corrected chi connectivity index (χ4v) is 3.20. The fourth-order valence-electron chi connectivity index (χ4n) is 3.20. The van der Waals surface area contributed by atoms with Crippen molar-refractivity contribution in [2.75, 3.05) is 11.9 Å². The SMILES string of the molecule is CN(c1ccc(C(F)(F)F)nn1)C1CC2CCC(C1)N2. The molecule has 2 atom stereocenters. The molecule has 1 aromatic heterocycles. The van der Waals surface area contributed by atoms with Crippen LogP contribution in [0, 0.1) is 0 Å². The minimum Gasteiger partial charge on any atom is -0.355 e. The molecule has 2 saturated heterocycles. The summed E-state index contributed by atoms with van der Waals surface area (Å²) in [6.07, 6.45) is -0.0369. The molecule has 0 aromatic carbocycles. The Morgan fingerprint density at radius 2 is 1.80 bits per heavy atom. The first-order chi connectivity index (χ1) is 9.43. The van der Waals surface area contributed by atoms with E-state index in [1.165, 1.54) is 18.9 Å². The molecule has 0 radical (unpaired) electrons. The first-order valence-electron chi connectivity index (χ1n) is 6.83. The standard InChI is InChI=1S/C13H17F3N4/c1-20(10-6-8-2-3-9(7-10)17-8)12-5-4-11(18-19-12)13(14,15)16/h4-5,8-10,17H,2-3,6-7H2,1H3. The smallest absolute Gasteiger partial charge is 0.355 e. The second-order valence-corrected chi connectivity index (χ2v) is 5.65. The number of aromatic nitrogens is 2. The van der Waals surface area contributed by atoms with Crippen LogP contribution in [-0.4, -0.2) is 35.4 Å². The molecule has 2 fully saturated rings. The quantitative estimate of drug-likeness (QED) is 0.905. The maximum atomic E-state index is 12.5. The van der Waals surface area contributed by atoms with Crippen molar-refractivity contribution in [2.24, 2.45) is 0 Å².